The van der Waals surface area contributed by atoms with Crippen molar-refractivity contribution in [2.45, 2.75) is 46.5 Å². The highest BCUT2D eigenvalue weighted by Gasteiger charge is 2.10. The van der Waals surface area contributed by atoms with Gasteiger partial charge in [-0.1, -0.05) is 45.4 Å². The summed E-state index contributed by atoms with van der Waals surface area (Å²) in [6.45, 7) is 7.90. The summed E-state index contributed by atoms with van der Waals surface area (Å²) in [6, 6.07) is -0.0559. The predicted molar refractivity (Wildman–Crippen MR) is 81.4 cm³/mol. The Balaban J connectivity index is 4.21. The smallest absolute Gasteiger partial charge is 0.323 e. The molecule has 0 aromatic heterocycles. The van der Waals surface area contributed by atoms with Crippen LogP contribution in [0.25, 0.3) is 0 Å². The third-order valence-electron chi connectivity index (χ3n) is 2.46. The molecule has 106 valence electrons. The van der Waals surface area contributed by atoms with Gasteiger partial charge in [-0.05, 0) is 18.6 Å². The van der Waals surface area contributed by atoms with Crippen LogP contribution in [-0.4, -0.2) is 42.0 Å². The predicted octanol–water partition coefficient (Wildman–Crippen LogP) is 3.34. The number of rotatable bonds is 7. The van der Waals surface area contributed by atoms with Crippen LogP contribution in [0.3, 0.4) is 0 Å². The Morgan fingerprint density at radius 1 is 1.22 bits per heavy atom. The van der Waals surface area contributed by atoms with Gasteiger partial charge in [0.25, 0.3) is 0 Å². The van der Waals surface area contributed by atoms with Gasteiger partial charge in [-0.15, -0.1) is 0 Å². The second-order valence-electron chi connectivity index (χ2n) is 4.18. The molecule has 0 aliphatic rings. The SMILES string of the molecule is CCCCN=C(NC(=O)N(C)CCCC)SCC. The zero-order valence-corrected chi connectivity index (χ0v) is 13.0. The van der Waals surface area contributed by atoms with Gasteiger partial charge >= 0.3 is 6.03 Å². The van der Waals surface area contributed by atoms with E-state index in [0.717, 1.165) is 49.7 Å². The molecule has 0 rings (SSSR count). The minimum Gasteiger partial charge on any atom is -0.328 e. The summed E-state index contributed by atoms with van der Waals surface area (Å²) in [6.07, 6.45) is 4.32. The molecule has 18 heavy (non-hydrogen) atoms. The number of nitrogens with one attached hydrogen (secondary N) is 1. The van der Waals surface area contributed by atoms with E-state index in [0.29, 0.717) is 0 Å². The third kappa shape index (κ3) is 8.39. The molecule has 0 spiro atoms. The Kier molecular flexibility index (Phi) is 10.9. The van der Waals surface area contributed by atoms with E-state index >= 15 is 0 Å². The summed E-state index contributed by atoms with van der Waals surface area (Å²) >= 11 is 1.59. The van der Waals surface area contributed by atoms with Crippen LogP contribution in [-0.2, 0) is 0 Å². The van der Waals surface area contributed by atoms with Gasteiger partial charge < -0.3 is 4.90 Å². The number of aliphatic imine (C=N–C) groups is 1. The molecule has 0 saturated carbocycles. The zero-order valence-electron chi connectivity index (χ0n) is 12.2. The molecule has 4 nitrogen and oxygen atoms in total. The second-order valence-corrected chi connectivity index (χ2v) is 5.43. The van der Waals surface area contributed by atoms with Crippen molar-refractivity contribution >= 4 is 23.0 Å². The molecule has 0 fully saturated rings. The Hall–Kier alpha value is -0.710. The van der Waals surface area contributed by atoms with Gasteiger partial charge in [-0.3, -0.25) is 10.3 Å². The second kappa shape index (κ2) is 11.4. The molecule has 0 aromatic rings. The molecule has 0 aromatic carbocycles. The number of amides is 2. The van der Waals surface area contributed by atoms with E-state index in [-0.39, 0.29) is 6.03 Å². The van der Waals surface area contributed by atoms with Crippen LogP contribution >= 0.6 is 11.8 Å². The average molecular weight is 273 g/mol. The maximum absolute atomic E-state index is 11.9. The van der Waals surface area contributed by atoms with E-state index < -0.39 is 0 Å². The van der Waals surface area contributed by atoms with E-state index in [2.05, 4.69) is 31.1 Å². The van der Waals surface area contributed by atoms with Gasteiger partial charge in [0.1, 0.15) is 0 Å². The highest BCUT2D eigenvalue weighted by Crippen LogP contribution is 2.03. The summed E-state index contributed by atoms with van der Waals surface area (Å²) < 4.78 is 0. The maximum Gasteiger partial charge on any atom is 0.323 e. The molecule has 0 saturated heterocycles. The van der Waals surface area contributed by atoms with Crippen LogP contribution in [0.5, 0.6) is 0 Å². The van der Waals surface area contributed by atoms with Gasteiger partial charge in [0.15, 0.2) is 5.17 Å². The summed E-state index contributed by atoms with van der Waals surface area (Å²) in [4.78, 5) is 18.0. The van der Waals surface area contributed by atoms with E-state index in [1.807, 2.05) is 7.05 Å². The van der Waals surface area contributed by atoms with Crippen molar-refractivity contribution in [3.05, 3.63) is 0 Å². The van der Waals surface area contributed by atoms with Gasteiger partial charge in [0, 0.05) is 20.1 Å². The minimum atomic E-state index is -0.0559. The monoisotopic (exact) mass is 273 g/mol. The third-order valence-corrected chi connectivity index (χ3v) is 3.25. The normalized spacial score (nSPS) is 11.4. The number of hydrogen-bond donors (Lipinski definition) is 1. The van der Waals surface area contributed by atoms with Crippen molar-refractivity contribution < 1.29 is 4.79 Å². The number of hydrogen-bond acceptors (Lipinski definition) is 3. The first-order valence-corrected chi connectivity index (χ1v) is 7.83. The molecular formula is C13H27N3OS. The van der Waals surface area contributed by atoms with Gasteiger partial charge in [-0.2, -0.15) is 0 Å². The summed E-state index contributed by atoms with van der Waals surface area (Å²) in [5.74, 6) is 0.921. The quantitative estimate of drug-likeness (QED) is 0.439. The van der Waals surface area contributed by atoms with E-state index in [1.165, 1.54) is 0 Å². The number of carbonyl (C=O) groups is 1. The van der Waals surface area contributed by atoms with E-state index in [9.17, 15) is 4.79 Å². The maximum atomic E-state index is 11.9. The van der Waals surface area contributed by atoms with Crippen molar-refractivity contribution in [3.8, 4) is 0 Å². The summed E-state index contributed by atoms with van der Waals surface area (Å²) in [5.41, 5.74) is 0. The Morgan fingerprint density at radius 3 is 2.44 bits per heavy atom. The average Bonchev–Trinajstić information content (AvgIpc) is 2.36. The molecule has 0 heterocycles. The Labute approximate surface area is 116 Å². The van der Waals surface area contributed by atoms with Crippen LogP contribution in [0.2, 0.25) is 0 Å². The lowest BCUT2D eigenvalue weighted by Crippen LogP contribution is -2.40. The summed E-state index contributed by atoms with van der Waals surface area (Å²) in [7, 11) is 1.82. The molecule has 0 atom stereocenters. The van der Waals surface area contributed by atoms with Crippen molar-refractivity contribution in [2.24, 2.45) is 4.99 Å². The fourth-order valence-electron chi connectivity index (χ4n) is 1.28. The Bertz CT molecular complexity index is 257. The van der Waals surface area contributed by atoms with Crippen molar-refractivity contribution in [1.29, 1.82) is 0 Å². The van der Waals surface area contributed by atoms with Crippen LogP contribution < -0.4 is 5.32 Å². The van der Waals surface area contributed by atoms with Gasteiger partial charge in [0.2, 0.25) is 0 Å². The fourth-order valence-corrected chi connectivity index (χ4v) is 1.90. The zero-order chi connectivity index (χ0) is 13.8. The first-order valence-electron chi connectivity index (χ1n) is 6.85. The number of nitrogens with zero attached hydrogens (tertiary/aromatic N) is 2. The highest BCUT2D eigenvalue weighted by atomic mass is 32.2. The molecule has 0 bridgehead atoms. The lowest BCUT2D eigenvalue weighted by molar-refractivity contribution is 0.213. The first kappa shape index (κ1) is 17.3. The molecule has 0 radical (unpaired) electrons. The van der Waals surface area contributed by atoms with Crippen LogP contribution in [0.1, 0.15) is 46.5 Å². The minimum absolute atomic E-state index is 0.0559. The number of urea groups is 1. The molecule has 2 amide bonds. The molecule has 0 aliphatic carbocycles. The lowest BCUT2D eigenvalue weighted by Gasteiger charge is -2.18. The lowest BCUT2D eigenvalue weighted by atomic mass is 10.3. The molecule has 0 unspecified atom stereocenters. The first-order chi connectivity index (χ1) is 8.65. The summed E-state index contributed by atoms with van der Waals surface area (Å²) in [5, 5.41) is 3.63. The van der Waals surface area contributed by atoms with Gasteiger partial charge in [-0.25, -0.2) is 4.79 Å². The largest absolute Gasteiger partial charge is 0.328 e. The number of amidine groups is 1. The van der Waals surface area contributed by atoms with E-state index in [1.54, 1.807) is 16.7 Å². The number of unbranched alkanes of at least 4 members (excludes halogenated alkanes) is 2. The van der Waals surface area contributed by atoms with Crippen LogP contribution in [0.4, 0.5) is 4.79 Å². The molecular weight excluding hydrogens is 246 g/mol. The Morgan fingerprint density at radius 2 is 1.89 bits per heavy atom. The number of carbonyl (C=O) groups excluding carboxylic acids is 1. The van der Waals surface area contributed by atoms with Crippen molar-refractivity contribution in [1.82, 2.24) is 10.2 Å². The highest BCUT2D eigenvalue weighted by molar-refractivity contribution is 8.13. The fraction of sp³-hybridized carbons (Fsp3) is 0.846. The standard InChI is InChI=1S/C13H27N3OS/c1-5-8-10-14-12(18-7-3)15-13(17)16(4)11-9-6-2/h5-11H2,1-4H3,(H,14,15,17). The van der Waals surface area contributed by atoms with Crippen LogP contribution in [0, 0.1) is 0 Å². The molecule has 5 heteroatoms. The molecule has 1 N–H and O–H groups in total. The van der Waals surface area contributed by atoms with Crippen molar-refractivity contribution in [3.63, 3.8) is 0 Å². The number of thioether (sulfide) groups is 1. The topological polar surface area (TPSA) is 44.7 Å². The van der Waals surface area contributed by atoms with Crippen molar-refractivity contribution in [2.75, 3.05) is 25.9 Å². The van der Waals surface area contributed by atoms with E-state index in [4.69, 9.17) is 0 Å². The molecule has 0 aliphatic heterocycles. The van der Waals surface area contributed by atoms with Gasteiger partial charge in [0.05, 0.1) is 0 Å². The van der Waals surface area contributed by atoms with Crippen LogP contribution in [0.15, 0.2) is 4.99 Å².